The lowest BCUT2D eigenvalue weighted by molar-refractivity contribution is 0.0651. The maximum absolute atomic E-state index is 11.1. The van der Waals surface area contributed by atoms with Gasteiger partial charge in [0.1, 0.15) is 0 Å². The first-order valence-corrected chi connectivity index (χ1v) is 7.40. The van der Waals surface area contributed by atoms with Gasteiger partial charge in [-0.2, -0.15) is 0 Å². The summed E-state index contributed by atoms with van der Waals surface area (Å²) >= 11 is 0. The van der Waals surface area contributed by atoms with Crippen LogP contribution in [0.2, 0.25) is 0 Å². The number of carboxylic acids is 2. The third kappa shape index (κ3) is 5.85. The molecule has 0 aromatic heterocycles. The monoisotopic (exact) mass is 293 g/mol. The first kappa shape index (κ1) is 17.0. The summed E-state index contributed by atoms with van der Waals surface area (Å²) in [5.41, 5.74) is 0.272. The minimum Gasteiger partial charge on any atom is -0.478 e. The van der Waals surface area contributed by atoms with Crippen molar-refractivity contribution >= 4 is 17.6 Å². The van der Waals surface area contributed by atoms with E-state index in [0.29, 0.717) is 5.69 Å². The van der Waals surface area contributed by atoms with Crippen molar-refractivity contribution in [2.24, 2.45) is 0 Å². The average Bonchev–Trinajstić information content (AvgIpc) is 2.46. The lowest BCUT2D eigenvalue weighted by atomic mass is 10.1. The van der Waals surface area contributed by atoms with Crippen LogP contribution < -0.4 is 5.32 Å². The molecule has 0 radical (unpaired) electrons. The normalized spacial score (nSPS) is 10.3. The molecule has 0 amide bonds. The fourth-order valence-corrected chi connectivity index (χ4v) is 2.16. The SMILES string of the molecule is CCCCCCCCNc1ccc(C(=O)O)c(C(=O)O)c1. The Labute approximate surface area is 125 Å². The molecule has 116 valence electrons. The average molecular weight is 293 g/mol. The zero-order chi connectivity index (χ0) is 15.7. The van der Waals surface area contributed by atoms with Crippen LogP contribution in [0.15, 0.2) is 18.2 Å². The predicted molar refractivity (Wildman–Crippen MR) is 82.2 cm³/mol. The van der Waals surface area contributed by atoms with Crippen molar-refractivity contribution in [1.29, 1.82) is 0 Å². The molecular formula is C16H23NO4. The van der Waals surface area contributed by atoms with Crippen LogP contribution in [0.25, 0.3) is 0 Å². The van der Waals surface area contributed by atoms with Crippen molar-refractivity contribution < 1.29 is 19.8 Å². The van der Waals surface area contributed by atoms with E-state index in [-0.39, 0.29) is 11.1 Å². The molecule has 0 aliphatic rings. The van der Waals surface area contributed by atoms with Gasteiger partial charge in [0.15, 0.2) is 0 Å². The molecule has 21 heavy (non-hydrogen) atoms. The highest BCUT2D eigenvalue weighted by Gasteiger charge is 2.16. The first-order chi connectivity index (χ1) is 10.1. The third-order valence-electron chi connectivity index (χ3n) is 3.34. The standard InChI is InChI=1S/C16H23NO4/c1-2-3-4-5-6-7-10-17-12-8-9-13(15(18)19)14(11-12)16(20)21/h8-9,11,17H,2-7,10H2,1H3,(H,18,19)(H,20,21). The number of carboxylic acid groups (broad SMARTS) is 2. The van der Waals surface area contributed by atoms with Crippen molar-refractivity contribution in [2.45, 2.75) is 45.4 Å². The molecule has 3 N–H and O–H groups in total. The van der Waals surface area contributed by atoms with Gasteiger partial charge in [-0.25, -0.2) is 9.59 Å². The van der Waals surface area contributed by atoms with Crippen molar-refractivity contribution in [2.75, 3.05) is 11.9 Å². The minimum atomic E-state index is -1.23. The number of carbonyl (C=O) groups is 2. The molecule has 5 heteroatoms. The van der Waals surface area contributed by atoms with Gasteiger partial charge in [-0.15, -0.1) is 0 Å². The molecule has 0 spiro atoms. The van der Waals surface area contributed by atoms with Crippen LogP contribution in [-0.2, 0) is 0 Å². The number of anilines is 1. The van der Waals surface area contributed by atoms with E-state index in [4.69, 9.17) is 10.2 Å². The van der Waals surface area contributed by atoms with E-state index in [2.05, 4.69) is 12.2 Å². The second kappa shape index (κ2) is 9.00. The van der Waals surface area contributed by atoms with E-state index < -0.39 is 11.9 Å². The molecule has 5 nitrogen and oxygen atoms in total. The number of aromatic carboxylic acids is 2. The first-order valence-electron chi connectivity index (χ1n) is 7.40. The van der Waals surface area contributed by atoms with Gasteiger partial charge in [0.25, 0.3) is 0 Å². The van der Waals surface area contributed by atoms with E-state index in [1.165, 1.54) is 37.8 Å². The highest BCUT2D eigenvalue weighted by molar-refractivity contribution is 6.02. The Bertz CT molecular complexity index is 485. The van der Waals surface area contributed by atoms with E-state index in [0.717, 1.165) is 19.4 Å². The highest BCUT2D eigenvalue weighted by Crippen LogP contribution is 2.17. The number of unbranched alkanes of at least 4 members (excludes halogenated alkanes) is 5. The number of nitrogens with one attached hydrogen (secondary N) is 1. The summed E-state index contributed by atoms with van der Waals surface area (Å²) in [7, 11) is 0. The molecule has 1 aromatic rings. The Morgan fingerprint density at radius 2 is 1.57 bits per heavy atom. The van der Waals surface area contributed by atoms with Crippen LogP contribution >= 0.6 is 0 Å². The molecule has 0 aliphatic carbocycles. The Balaban J connectivity index is 2.47. The zero-order valence-electron chi connectivity index (χ0n) is 12.4. The predicted octanol–water partition coefficient (Wildman–Crippen LogP) is 3.86. The number of hydrogen-bond acceptors (Lipinski definition) is 3. The zero-order valence-corrected chi connectivity index (χ0v) is 12.4. The van der Waals surface area contributed by atoms with Crippen molar-refractivity contribution in [3.63, 3.8) is 0 Å². The molecule has 0 saturated heterocycles. The molecule has 0 fully saturated rings. The lowest BCUT2D eigenvalue weighted by Crippen LogP contribution is -2.09. The second-order valence-electron chi connectivity index (χ2n) is 5.07. The number of hydrogen-bond donors (Lipinski definition) is 3. The molecule has 0 saturated carbocycles. The summed E-state index contributed by atoms with van der Waals surface area (Å²) in [6.45, 7) is 2.94. The maximum atomic E-state index is 11.1. The number of benzene rings is 1. The van der Waals surface area contributed by atoms with Gasteiger partial charge in [-0.05, 0) is 24.6 Å². The molecule has 0 bridgehead atoms. The van der Waals surface area contributed by atoms with Crippen LogP contribution in [0, 0.1) is 0 Å². The van der Waals surface area contributed by atoms with Crippen LogP contribution in [0.1, 0.15) is 66.2 Å². The van der Waals surface area contributed by atoms with Gasteiger partial charge >= 0.3 is 11.9 Å². The molecule has 1 aromatic carbocycles. The Morgan fingerprint density at radius 3 is 2.19 bits per heavy atom. The summed E-state index contributed by atoms with van der Waals surface area (Å²) in [5.74, 6) is -2.45. The van der Waals surface area contributed by atoms with Gasteiger partial charge in [-0.3, -0.25) is 0 Å². The lowest BCUT2D eigenvalue weighted by Gasteiger charge is -2.09. The summed E-state index contributed by atoms with van der Waals surface area (Å²) < 4.78 is 0. The Morgan fingerprint density at radius 1 is 0.952 bits per heavy atom. The quantitative estimate of drug-likeness (QED) is 0.570. The van der Waals surface area contributed by atoms with Gasteiger partial charge in [0.05, 0.1) is 11.1 Å². The smallest absolute Gasteiger partial charge is 0.336 e. The van der Waals surface area contributed by atoms with Crippen molar-refractivity contribution in [3.05, 3.63) is 29.3 Å². The van der Waals surface area contributed by atoms with E-state index in [9.17, 15) is 9.59 Å². The van der Waals surface area contributed by atoms with Gasteiger partial charge in [-0.1, -0.05) is 39.0 Å². The van der Waals surface area contributed by atoms with Gasteiger partial charge in [0.2, 0.25) is 0 Å². The van der Waals surface area contributed by atoms with E-state index >= 15 is 0 Å². The second-order valence-corrected chi connectivity index (χ2v) is 5.07. The molecule has 1 rings (SSSR count). The van der Waals surface area contributed by atoms with Crippen molar-refractivity contribution in [3.8, 4) is 0 Å². The molecule has 0 heterocycles. The molecule has 0 unspecified atom stereocenters. The maximum Gasteiger partial charge on any atom is 0.336 e. The van der Waals surface area contributed by atoms with E-state index in [1.54, 1.807) is 6.07 Å². The fourth-order valence-electron chi connectivity index (χ4n) is 2.16. The molecule has 0 aliphatic heterocycles. The van der Waals surface area contributed by atoms with Crippen molar-refractivity contribution in [1.82, 2.24) is 0 Å². The summed E-state index contributed by atoms with van der Waals surface area (Å²) in [4.78, 5) is 22.0. The van der Waals surface area contributed by atoms with E-state index in [1.807, 2.05) is 0 Å². The largest absolute Gasteiger partial charge is 0.478 e. The Kier molecular flexibility index (Phi) is 7.29. The third-order valence-corrected chi connectivity index (χ3v) is 3.34. The van der Waals surface area contributed by atoms with Gasteiger partial charge < -0.3 is 15.5 Å². The summed E-state index contributed by atoms with van der Waals surface area (Å²) in [6, 6.07) is 4.31. The number of rotatable bonds is 10. The summed E-state index contributed by atoms with van der Waals surface area (Å²) in [6.07, 6.45) is 7.14. The Hall–Kier alpha value is -2.04. The summed E-state index contributed by atoms with van der Waals surface area (Å²) in [5, 5.41) is 21.1. The topological polar surface area (TPSA) is 86.6 Å². The highest BCUT2D eigenvalue weighted by atomic mass is 16.4. The molecular weight excluding hydrogens is 270 g/mol. The minimum absolute atomic E-state index is 0.185. The van der Waals surface area contributed by atoms with Crippen LogP contribution in [0.5, 0.6) is 0 Å². The van der Waals surface area contributed by atoms with Crippen LogP contribution in [0.3, 0.4) is 0 Å². The van der Waals surface area contributed by atoms with Crippen LogP contribution in [-0.4, -0.2) is 28.7 Å². The molecule has 0 atom stereocenters. The van der Waals surface area contributed by atoms with Crippen LogP contribution in [0.4, 0.5) is 5.69 Å². The fraction of sp³-hybridized carbons (Fsp3) is 0.500. The van der Waals surface area contributed by atoms with Gasteiger partial charge in [0, 0.05) is 12.2 Å².